The van der Waals surface area contributed by atoms with Gasteiger partial charge in [0.1, 0.15) is 6.07 Å². The van der Waals surface area contributed by atoms with Crippen molar-refractivity contribution in [2.45, 2.75) is 12.8 Å². The zero-order valence-electron chi connectivity index (χ0n) is 12.1. The van der Waals surface area contributed by atoms with Crippen molar-refractivity contribution < 1.29 is 4.79 Å². The highest BCUT2D eigenvalue weighted by molar-refractivity contribution is 5.76. The average molecular weight is 274 g/mol. The van der Waals surface area contributed by atoms with Gasteiger partial charge in [0.2, 0.25) is 5.91 Å². The third-order valence-electron chi connectivity index (χ3n) is 2.82. The molecule has 1 rings (SSSR count). The Labute approximate surface area is 120 Å². The first kappa shape index (κ1) is 16.0. The number of amides is 1. The van der Waals surface area contributed by atoms with E-state index in [2.05, 4.69) is 21.6 Å². The van der Waals surface area contributed by atoms with Gasteiger partial charge in [-0.15, -0.1) is 0 Å². The summed E-state index contributed by atoms with van der Waals surface area (Å²) in [6.07, 6.45) is 1.35. The lowest BCUT2D eigenvalue weighted by molar-refractivity contribution is -0.120. The van der Waals surface area contributed by atoms with Gasteiger partial charge in [0, 0.05) is 19.5 Å². The van der Waals surface area contributed by atoms with E-state index in [0.717, 1.165) is 18.7 Å². The fourth-order valence-electron chi connectivity index (χ4n) is 1.76. The molecule has 0 atom stereocenters. The Kier molecular flexibility index (Phi) is 7.15. The molecule has 5 nitrogen and oxygen atoms in total. The largest absolute Gasteiger partial charge is 0.383 e. The van der Waals surface area contributed by atoms with Crippen molar-refractivity contribution in [1.82, 2.24) is 10.2 Å². The summed E-state index contributed by atoms with van der Waals surface area (Å²) in [6.45, 7) is 2.19. The first-order chi connectivity index (χ1) is 9.63. The Balaban J connectivity index is 2.20. The lowest BCUT2D eigenvalue weighted by Gasteiger charge is -2.10. The van der Waals surface area contributed by atoms with E-state index >= 15 is 0 Å². The molecule has 20 heavy (non-hydrogen) atoms. The molecule has 0 aromatic heterocycles. The molecule has 0 unspecified atom stereocenters. The van der Waals surface area contributed by atoms with Gasteiger partial charge in [-0.1, -0.05) is 12.1 Å². The summed E-state index contributed by atoms with van der Waals surface area (Å²) in [5.74, 6) is 0.0331. The Morgan fingerprint density at radius 3 is 2.75 bits per heavy atom. The Morgan fingerprint density at radius 2 is 2.05 bits per heavy atom. The summed E-state index contributed by atoms with van der Waals surface area (Å²) in [7, 11) is 4.02. The molecule has 0 aliphatic heterocycles. The molecule has 0 aliphatic carbocycles. The van der Waals surface area contributed by atoms with Crippen molar-refractivity contribution >= 4 is 11.6 Å². The summed E-state index contributed by atoms with van der Waals surface area (Å²) in [4.78, 5) is 13.7. The molecular weight excluding hydrogens is 252 g/mol. The van der Waals surface area contributed by atoms with Crippen LogP contribution in [0, 0.1) is 11.3 Å². The zero-order valence-corrected chi connectivity index (χ0v) is 12.1. The highest BCUT2D eigenvalue weighted by atomic mass is 16.1. The second-order valence-electron chi connectivity index (χ2n) is 4.84. The lowest BCUT2D eigenvalue weighted by Crippen LogP contribution is -2.28. The second kappa shape index (κ2) is 8.94. The van der Waals surface area contributed by atoms with Gasteiger partial charge in [-0.2, -0.15) is 5.26 Å². The van der Waals surface area contributed by atoms with Crippen molar-refractivity contribution in [2.75, 3.05) is 39.0 Å². The topological polar surface area (TPSA) is 68.2 Å². The quantitative estimate of drug-likeness (QED) is 0.704. The number of hydrogen-bond acceptors (Lipinski definition) is 4. The number of nitrogens with zero attached hydrogens (tertiary/aromatic N) is 2. The highest BCUT2D eigenvalue weighted by Gasteiger charge is 2.03. The number of carbonyl (C=O) groups is 1. The maximum Gasteiger partial charge on any atom is 0.221 e. The number of nitriles is 1. The maximum absolute atomic E-state index is 11.6. The monoisotopic (exact) mass is 274 g/mol. The van der Waals surface area contributed by atoms with Crippen molar-refractivity contribution in [2.24, 2.45) is 0 Å². The van der Waals surface area contributed by atoms with Crippen LogP contribution in [0.15, 0.2) is 24.3 Å². The number of rotatable bonds is 8. The SMILES string of the molecule is CN(C)CCCNC(=O)CCNc1ccccc1C#N. The minimum absolute atomic E-state index is 0.0331. The van der Waals surface area contributed by atoms with Gasteiger partial charge < -0.3 is 15.5 Å². The van der Waals surface area contributed by atoms with Gasteiger partial charge in [-0.25, -0.2) is 0 Å². The van der Waals surface area contributed by atoms with Crippen LogP contribution in [0.2, 0.25) is 0 Å². The molecule has 0 aliphatic rings. The van der Waals surface area contributed by atoms with Gasteiger partial charge in [0.25, 0.3) is 0 Å². The van der Waals surface area contributed by atoms with Crippen molar-refractivity contribution in [3.8, 4) is 6.07 Å². The van der Waals surface area contributed by atoms with E-state index in [0.29, 0.717) is 25.1 Å². The van der Waals surface area contributed by atoms with Crippen LogP contribution in [-0.4, -0.2) is 44.5 Å². The number of hydrogen-bond donors (Lipinski definition) is 2. The van der Waals surface area contributed by atoms with Crippen LogP contribution in [0.1, 0.15) is 18.4 Å². The fourth-order valence-corrected chi connectivity index (χ4v) is 1.76. The summed E-state index contributed by atoms with van der Waals surface area (Å²) in [5.41, 5.74) is 1.37. The van der Waals surface area contributed by atoms with Crippen LogP contribution in [0.4, 0.5) is 5.69 Å². The summed E-state index contributed by atoms with van der Waals surface area (Å²) in [6, 6.07) is 9.40. The molecule has 1 aromatic rings. The van der Waals surface area contributed by atoms with Crippen molar-refractivity contribution in [3.05, 3.63) is 29.8 Å². The predicted octanol–water partition coefficient (Wildman–Crippen LogP) is 1.43. The van der Waals surface area contributed by atoms with E-state index in [1.54, 1.807) is 6.07 Å². The lowest BCUT2D eigenvalue weighted by atomic mass is 10.2. The highest BCUT2D eigenvalue weighted by Crippen LogP contribution is 2.12. The molecule has 1 amide bonds. The average Bonchev–Trinajstić information content (AvgIpc) is 2.44. The summed E-state index contributed by atoms with van der Waals surface area (Å²) < 4.78 is 0. The smallest absolute Gasteiger partial charge is 0.221 e. The van der Waals surface area contributed by atoms with Gasteiger partial charge in [0.05, 0.1) is 11.3 Å². The van der Waals surface area contributed by atoms with Crippen LogP contribution in [0.25, 0.3) is 0 Å². The number of carbonyl (C=O) groups excluding carboxylic acids is 1. The van der Waals surface area contributed by atoms with Crippen molar-refractivity contribution in [3.63, 3.8) is 0 Å². The fraction of sp³-hybridized carbons (Fsp3) is 0.467. The Morgan fingerprint density at radius 1 is 1.30 bits per heavy atom. The minimum Gasteiger partial charge on any atom is -0.383 e. The Hall–Kier alpha value is -2.06. The van der Waals surface area contributed by atoms with E-state index in [9.17, 15) is 4.79 Å². The predicted molar refractivity (Wildman–Crippen MR) is 80.4 cm³/mol. The van der Waals surface area contributed by atoms with E-state index in [1.807, 2.05) is 32.3 Å². The minimum atomic E-state index is 0.0331. The number of benzene rings is 1. The van der Waals surface area contributed by atoms with Gasteiger partial charge in [0.15, 0.2) is 0 Å². The molecule has 1 aromatic carbocycles. The second-order valence-corrected chi connectivity index (χ2v) is 4.84. The van der Waals surface area contributed by atoms with Crippen LogP contribution in [0.3, 0.4) is 0 Å². The van der Waals surface area contributed by atoms with E-state index in [1.165, 1.54) is 0 Å². The molecule has 0 saturated carbocycles. The first-order valence-electron chi connectivity index (χ1n) is 6.78. The third-order valence-corrected chi connectivity index (χ3v) is 2.82. The first-order valence-corrected chi connectivity index (χ1v) is 6.78. The number of nitrogens with one attached hydrogen (secondary N) is 2. The van der Waals surface area contributed by atoms with Gasteiger partial charge >= 0.3 is 0 Å². The summed E-state index contributed by atoms with van der Waals surface area (Å²) >= 11 is 0. The maximum atomic E-state index is 11.6. The van der Waals surface area contributed by atoms with Crippen LogP contribution < -0.4 is 10.6 Å². The standard InChI is InChI=1S/C15H22N4O/c1-19(2)11-5-9-18-15(20)8-10-17-14-7-4-3-6-13(14)12-16/h3-4,6-7,17H,5,8-11H2,1-2H3,(H,18,20). The van der Waals surface area contributed by atoms with Crippen LogP contribution in [0.5, 0.6) is 0 Å². The summed E-state index contributed by atoms with van der Waals surface area (Å²) in [5, 5.41) is 14.9. The molecule has 0 spiro atoms. The normalized spacial score (nSPS) is 10.1. The molecule has 108 valence electrons. The number of para-hydroxylation sites is 1. The van der Waals surface area contributed by atoms with E-state index in [-0.39, 0.29) is 5.91 Å². The molecule has 0 radical (unpaired) electrons. The zero-order chi connectivity index (χ0) is 14.8. The number of anilines is 1. The van der Waals surface area contributed by atoms with E-state index in [4.69, 9.17) is 5.26 Å². The molecular formula is C15H22N4O. The molecule has 0 heterocycles. The molecule has 0 saturated heterocycles. The molecule has 5 heteroatoms. The molecule has 2 N–H and O–H groups in total. The Bertz CT molecular complexity index is 465. The van der Waals surface area contributed by atoms with Crippen molar-refractivity contribution in [1.29, 1.82) is 5.26 Å². The molecule has 0 bridgehead atoms. The van der Waals surface area contributed by atoms with Gasteiger partial charge in [-0.05, 0) is 39.2 Å². The van der Waals surface area contributed by atoms with Crippen LogP contribution >= 0.6 is 0 Å². The van der Waals surface area contributed by atoms with Gasteiger partial charge in [-0.3, -0.25) is 4.79 Å². The van der Waals surface area contributed by atoms with Crippen LogP contribution in [-0.2, 0) is 4.79 Å². The molecule has 0 fully saturated rings. The van der Waals surface area contributed by atoms with E-state index < -0.39 is 0 Å². The third kappa shape index (κ3) is 6.21.